The Balaban J connectivity index is 1.54. The molecule has 0 saturated heterocycles. The minimum Gasteiger partial charge on any atom is -0.352 e. The molecule has 0 bridgehead atoms. The molecule has 2 amide bonds. The van der Waals surface area contributed by atoms with Crippen LogP contribution in [0.5, 0.6) is 0 Å². The number of halogens is 1. The summed E-state index contributed by atoms with van der Waals surface area (Å²) in [5, 5.41) is 5.90. The molecule has 0 fully saturated rings. The summed E-state index contributed by atoms with van der Waals surface area (Å²) in [5.74, 6) is -0.396. The first-order valence-corrected chi connectivity index (χ1v) is 8.61. The van der Waals surface area contributed by atoms with E-state index in [4.69, 9.17) is 11.6 Å². The molecule has 0 spiro atoms. The molecule has 0 unspecified atom stereocenters. The Labute approximate surface area is 156 Å². The second kappa shape index (κ2) is 7.58. The number of H-pyrrole nitrogens is 1. The third kappa shape index (κ3) is 4.21. The predicted octanol–water partition coefficient (Wildman–Crippen LogP) is 3.59. The summed E-state index contributed by atoms with van der Waals surface area (Å²) < 4.78 is 0. The Morgan fingerprint density at radius 1 is 1.15 bits per heavy atom. The van der Waals surface area contributed by atoms with Gasteiger partial charge in [-0.3, -0.25) is 9.59 Å². The number of aryl methyl sites for hydroxylation is 2. The van der Waals surface area contributed by atoms with Crippen molar-refractivity contribution in [1.29, 1.82) is 0 Å². The average molecular weight is 371 g/mol. The van der Waals surface area contributed by atoms with Gasteiger partial charge in [0.15, 0.2) is 0 Å². The Morgan fingerprint density at radius 3 is 2.77 bits per heavy atom. The number of nitrogens with one attached hydrogen (secondary N) is 3. The summed E-state index contributed by atoms with van der Waals surface area (Å²) in [7, 11) is 0. The summed E-state index contributed by atoms with van der Waals surface area (Å²) in [6, 6.07) is 11.0. The molecule has 0 radical (unpaired) electrons. The highest BCUT2D eigenvalue weighted by molar-refractivity contribution is 6.29. The zero-order chi connectivity index (χ0) is 18.7. The van der Waals surface area contributed by atoms with Crippen molar-refractivity contribution in [3.8, 4) is 0 Å². The molecule has 134 valence electrons. The average Bonchev–Trinajstić information content (AvgIpc) is 2.97. The molecule has 0 saturated carbocycles. The minimum atomic E-state index is -0.253. The van der Waals surface area contributed by atoms with Crippen LogP contribution in [0.25, 0.3) is 11.0 Å². The van der Waals surface area contributed by atoms with Gasteiger partial charge in [-0.1, -0.05) is 12.1 Å². The van der Waals surface area contributed by atoms with E-state index in [0.717, 1.165) is 16.8 Å². The quantitative estimate of drug-likeness (QED) is 0.641. The van der Waals surface area contributed by atoms with E-state index >= 15 is 0 Å². The van der Waals surface area contributed by atoms with Gasteiger partial charge in [-0.15, -0.1) is 0 Å². The molecule has 3 N–H and O–H groups in total. The largest absolute Gasteiger partial charge is 0.352 e. The van der Waals surface area contributed by atoms with E-state index in [2.05, 4.69) is 20.6 Å². The third-order valence-corrected chi connectivity index (χ3v) is 4.20. The smallest absolute Gasteiger partial charge is 0.251 e. The highest BCUT2D eigenvalue weighted by Gasteiger charge is 2.10. The van der Waals surface area contributed by atoms with E-state index in [0.29, 0.717) is 16.6 Å². The van der Waals surface area contributed by atoms with Gasteiger partial charge in [-0.2, -0.15) is 0 Å². The normalized spacial score (nSPS) is 10.7. The molecule has 6 nitrogen and oxygen atoms in total. The van der Waals surface area contributed by atoms with Gasteiger partial charge >= 0.3 is 0 Å². The lowest BCUT2D eigenvalue weighted by Gasteiger charge is -2.10. The number of anilines is 1. The molecule has 0 aliphatic carbocycles. The lowest BCUT2D eigenvalue weighted by molar-refractivity contribution is -0.116. The van der Waals surface area contributed by atoms with Crippen LogP contribution in [0.15, 0.2) is 36.4 Å². The monoisotopic (exact) mass is 370 g/mol. The summed E-state index contributed by atoms with van der Waals surface area (Å²) in [4.78, 5) is 31.3. The zero-order valence-corrected chi connectivity index (χ0v) is 15.3. The molecular formula is C19H19ClN4O2. The molecule has 1 heterocycles. The third-order valence-electron chi connectivity index (χ3n) is 4.02. The van der Waals surface area contributed by atoms with Crippen LogP contribution < -0.4 is 10.6 Å². The Hall–Kier alpha value is -2.86. The number of hydrogen-bond acceptors (Lipinski definition) is 3. The Morgan fingerprint density at radius 2 is 1.96 bits per heavy atom. The maximum atomic E-state index is 12.2. The van der Waals surface area contributed by atoms with Gasteiger partial charge < -0.3 is 15.6 Å². The van der Waals surface area contributed by atoms with Crippen molar-refractivity contribution in [3.63, 3.8) is 0 Å². The number of aromatic amines is 1. The maximum Gasteiger partial charge on any atom is 0.251 e. The van der Waals surface area contributed by atoms with Crippen LogP contribution in [0, 0.1) is 13.8 Å². The number of hydrogen-bond donors (Lipinski definition) is 3. The SMILES string of the molecule is Cc1ccc(C)c(NC(=O)CCNC(=O)c2ccc3nc(Cl)[nH]c3c2)c1. The van der Waals surface area contributed by atoms with Gasteiger partial charge in [0, 0.05) is 24.2 Å². The van der Waals surface area contributed by atoms with Crippen LogP contribution in [-0.4, -0.2) is 28.3 Å². The molecule has 26 heavy (non-hydrogen) atoms. The highest BCUT2D eigenvalue weighted by Crippen LogP contribution is 2.17. The summed E-state index contributed by atoms with van der Waals surface area (Å²) >= 11 is 5.81. The fourth-order valence-electron chi connectivity index (χ4n) is 2.59. The lowest BCUT2D eigenvalue weighted by atomic mass is 10.1. The number of carbonyl (C=O) groups excluding carboxylic acids is 2. The molecule has 3 aromatic rings. The van der Waals surface area contributed by atoms with Gasteiger partial charge in [-0.25, -0.2) is 4.98 Å². The first-order chi connectivity index (χ1) is 12.4. The molecule has 7 heteroatoms. The van der Waals surface area contributed by atoms with Gasteiger partial charge in [0.1, 0.15) is 0 Å². The van der Waals surface area contributed by atoms with Crippen molar-refractivity contribution in [1.82, 2.24) is 15.3 Å². The maximum absolute atomic E-state index is 12.2. The standard InChI is InChI=1S/C19H19ClN4O2/c1-11-3-4-12(2)15(9-11)22-17(25)7-8-21-18(26)13-5-6-14-16(10-13)24-19(20)23-14/h3-6,9-10H,7-8H2,1-2H3,(H,21,26)(H,22,25)(H,23,24). The van der Waals surface area contributed by atoms with Crippen molar-refractivity contribution < 1.29 is 9.59 Å². The molecule has 2 aromatic carbocycles. The lowest BCUT2D eigenvalue weighted by Crippen LogP contribution is -2.27. The topological polar surface area (TPSA) is 86.9 Å². The molecular weight excluding hydrogens is 352 g/mol. The Kier molecular flexibility index (Phi) is 5.23. The number of carbonyl (C=O) groups is 2. The molecule has 0 aliphatic heterocycles. The van der Waals surface area contributed by atoms with Gasteiger partial charge in [-0.05, 0) is 60.8 Å². The Bertz CT molecular complexity index is 981. The summed E-state index contributed by atoms with van der Waals surface area (Å²) in [6.45, 7) is 4.16. The predicted molar refractivity (Wildman–Crippen MR) is 103 cm³/mol. The first kappa shape index (κ1) is 17.9. The summed E-state index contributed by atoms with van der Waals surface area (Å²) in [6.07, 6.45) is 0.192. The number of imidazole rings is 1. The zero-order valence-electron chi connectivity index (χ0n) is 14.5. The van der Waals surface area contributed by atoms with Gasteiger partial charge in [0.05, 0.1) is 11.0 Å². The van der Waals surface area contributed by atoms with Crippen LogP contribution in [0.2, 0.25) is 5.28 Å². The molecule has 0 atom stereocenters. The number of nitrogens with zero attached hydrogens (tertiary/aromatic N) is 1. The summed E-state index contributed by atoms with van der Waals surface area (Å²) in [5.41, 5.74) is 4.73. The van der Waals surface area contributed by atoms with E-state index < -0.39 is 0 Å². The highest BCUT2D eigenvalue weighted by atomic mass is 35.5. The number of aromatic nitrogens is 2. The second-order valence-corrected chi connectivity index (χ2v) is 6.49. The van der Waals surface area contributed by atoms with E-state index in [1.807, 2.05) is 32.0 Å². The van der Waals surface area contributed by atoms with E-state index in [9.17, 15) is 9.59 Å². The van der Waals surface area contributed by atoms with Crippen molar-refractivity contribution in [2.75, 3.05) is 11.9 Å². The van der Waals surface area contributed by atoms with E-state index in [1.54, 1.807) is 18.2 Å². The van der Waals surface area contributed by atoms with Crippen LogP contribution in [-0.2, 0) is 4.79 Å². The first-order valence-electron chi connectivity index (χ1n) is 8.23. The van der Waals surface area contributed by atoms with Crippen molar-refractivity contribution in [2.45, 2.75) is 20.3 Å². The number of benzene rings is 2. The van der Waals surface area contributed by atoms with Crippen molar-refractivity contribution >= 4 is 40.1 Å². The fraction of sp³-hybridized carbons (Fsp3) is 0.211. The number of amides is 2. The number of rotatable bonds is 5. The van der Waals surface area contributed by atoms with Crippen LogP contribution in [0.1, 0.15) is 27.9 Å². The second-order valence-electron chi connectivity index (χ2n) is 6.13. The molecule has 1 aromatic heterocycles. The van der Waals surface area contributed by atoms with Crippen LogP contribution >= 0.6 is 11.6 Å². The van der Waals surface area contributed by atoms with Gasteiger partial charge in [0.2, 0.25) is 11.2 Å². The van der Waals surface area contributed by atoms with Crippen LogP contribution in [0.4, 0.5) is 5.69 Å². The van der Waals surface area contributed by atoms with Crippen molar-refractivity contribution in [3.05, 3.63) is 58.4 Å². The molecule has 3 rings (SSSR count). The minimum absolute atomic E-state index is 0.144. The van der Waals surface area contributed by atoms with E-state index in [-0.39, 0.29) is 30.1 Å². The van der Waals surface area contributed by atoms with Crippen LogP contribution in [0.3, 0.4) is 0 Å². The molecule has 0 aliphatic rings. The number of fused-ring (bicyclic) bond motifs is 1. The van der Waals surface area contributed by atoms with Crippen molar-refractivity contribution in [2.24, 2.45) is 0 Å². The van der Waals surface area contributed by atoms with Gasteiger partial charge in [0.25, 0.3) is 5.91 Å². The fourth-order valence-corrected chi connectivity index (χ4v) is 2.79. The van der Waals surface area contributed by atoms with E-state index in [1.165, 1.54) is 0 Å².